The van der Waals surface area contributed by atoms with E-state index in [-0.39, 0.29) is 0 Å². The molecule has 0 aliphatic rings. The van der Waals surface area contributed by atoms with E-state index >= 15 is 0 Å². The molecule has 2 heteroatoms. The molecule has 0 aliphatic heterocycles. The number of thiophene rings is 1. The lowest BCUT2D eigenvalue weighted by atomic mass is 9.97. The molecule has 0 bridgehead atoms. The molecule has 46 heavy (non-hydrogen) atoms. The van der Waals surface area contributed by atoms with Gasteiger partial charge in [0, 0.05) is 42.3 Å². The van der Waals surface area contributed by atoms with Crippen LogP contribution in [0.25, 0.3) is 64.0 Å². The second kappa shape index (κ2) is 11.0. The maximum absolute atomic E-state index is 2.42. The molecule has 0 aliphatic carbocycles. The minimum Gasteiger partial charge on any atom is -0.310 e. The third-order valence-corrected chi connectivity index (χ3v) is 10.3. The first-order chi connectivity index (χ1) is 22.8. The summed E-state index contributed by atoms with van der Waals surface area (Å²) in [6.45, 7) is 0. The molecule has 8 aromatic carbocycles. The molecule has 0 atom stereocenters. The molecule has 0 spiro atoms. The molecule has 9 rings (SSSR count). The molecule has 0 saturated carbocycles. The average Bonchev–Trinajstić information content (AvgIpc) is 3.52. The predicted octanol–water partition coefficient (Wildman–Crippen LogP) is 13.2. The molecule has 216 valence electrons. The van der Waals surface area contributed by atoms with Gasteiger partial charge in [-0.1, -0.05) is 140 Å². The third kappa shape index (κ3) is 4.46. The van der Waals surface area contributed by atoms with E-state index in [0.717, 1.165) is 11.4 Å². The van der Waals surface area contributed by atoms with Gasteiger partial charge < -0.3 is 4.90 Å². The number of anilines is 3. The van der Waals surface area contributed by atoms with Crippen molar-refractivity contribution in [3.63, 3.8) is 0 Å². The maximum Gasteiger partial charge on any atom is 0.0540 e. The second-order valence-electron chi connectivity index (χ2n) is 11.7. The number of nitrogens with zero attached hydrogens (tertiary/aromatic N) is 1. The Balaban J connectivity index is 1.24. The molecule has 0 unspecified atom stereocenters. The van der Waals surface area contributed by atoms with Crippen molar-refractivity contribution >= 4 is 70.1 Å². The van der Waals surface area contributed by atoms with E-state index in [1.165, 1.54) is 69.7 Å². The van der Waals surface area contributed by atoms with Crippen LogP contribution in [0.3, 0.4) is 0 Å². The van der Waals surface area contributed by atoms with Gasteiger partial charge in [0.25, 0.3) is 0 Å². The molecule has 0 N–H and O–H groups in total. The summed E-state index contributed by atoms with van der Waals surface area (Å²) in [4.78, 5) is 2.42. The van der Waals surface area contributed by atoms with Crippen molar-refractivity contribution in [2.75, 3.05) is 4.90 Å². The summed E-state index contributed by atoms with van der Waals surface area (Å²) in [5, 5.41) is 7.70. The Labute approximate surface area is 272 Å². The zero-order valence-electron chi connectivity index (χ0n) is 25.1. The van der Waals surface area contributed by atoms with Crippen LogP contribution in [0, 0.1) is 0 Å². The first-order valence-corrected chi connectivity index (χ1v) is 16.5. The smallest absolute Gasteiger partial charge is 0.0540 e. The predicted molar refractivity (Wildman–Crippen MR) is 200 cm³/mol. The van der Waals surface area contributed by atoms with Crippen LogP contribution in [-0.2, 0) is 0 Å². The van der Waals surface area contributed by atoms with Gasteiger partial charge >= 0.3 is 0 Å². The summed E-state index contributed by atoms with van der Waals surface area (Å²) in [5.41, 5.74) is 8.28. The largest absolute Gasteiger partial charge is 0.310 e. The van der Waals surface area contributed by atoms with Crippen molar-refractivity contribution in [3.8, 4) is 22.3 Å². The molecule has 0 amide bonds. The summed E-state index contributed by atoms with van der Waals surface area (Å²) in [6, 6.07) is 63.9. The van der Waals surface area contributed by atoms with E-state index in [9.17, 15) is 0 Å². The highest BCUT2D eigenvalue weighted by Gasteiger charge is 2.18. The van der Waals surface area contributed by atoms with Gasteiger partial charge in [-0.25, -0.2) is 0 Å². The fourth-order valence-electron chi connectivity index (χ4n) is 6.87. The monoisotopic (exact) mass is 603 g/mol. The van der Waals surface area contributed by atoms with E-state index in [2.05, 4.69) is 181 Å². The van der Waals surface area contributed by atoms with Gasteiger partial charge in [-0.3, -0.25) is 0 Å². The van der Waals surface area contributed by atoms with Crippen LogP contribution < -0.4 is 4.90 Å². The van der Waals surface area contributed by atoms with Gasteiger partial charge in [0.2, 0.25) is 0 Å². The highest BCUT2D eigenvalue weighted by atomic mass is 32.1. The van der Waals surface area contributed by atoms with Gasteiger partial charge in [-0.05, 0) is 69.4 Å². The summed E-state index contributed by atoms with van der Waals surface area (Å²) >= 11 is 1.88. The number of hydrogen-bond acceptors (Lipinski definition) is 2. The Hall–Kier alpha value is -5.70. The van der Waals surface area contributed by atoms with E-state index < -0.39 is 0 Å². The lowest BCUT2D eigenvalue weighted by Crippen LogP contribution is -2.10. The van der Waals surface area contributed by atoms with Crippen molar-refractivity contribution in [2.24, 2.45) is 0 Å². The van der Waals surface area contributed by atoms with Gasteiger partial charge in [0.15, 0.2) is 0 Å². The summed E-state index contributed by atoms with van der Waals surface area (Å²) < 4.78 is 2.66. The Morgan fingerprint density at radius 1 is 0.370 bits per heavy atom. The normalized spacial score (nSPS) is 11.5. The van der Waals surface area contributed by atoms with Crippen LogP contribution in [0.5, 0.6) is 0 Å². The zero-order valence-corrected chi connectivity index (χ0v) is 25.9. The molecule has 9 aromatic rings. The topological polar surface area (TPSA) is 3.24 Å². The Morgan fingerprint density at radius 3 is 1.91 bits per heavy atom. The SMILES string of the molecule is c1ccc(-c2cccc(N(c3ccc(-c4cccc5ccccc45)cc3)c3cccc4c3ccc3c5ccccc5sc43)c2)cc1. The van der Waals surface area contributed by atoms with Crippen molar-refractivity contribution < 1.29 is 0 Å². The van der Waals surface area contributed by atoms with Crippen molar-refractivity contribution in [2.45, 2.75) is 0 Å². The fraction of sp³-hybridized carbons (Fsp3) is 0. The highest BCUT2D eigenvalue weighted by Crippen LogP contribution is 2.45. The minimum atomic E-state index is 1.12. The van der Waals surface area contributed by atoms with Crippen LogP contribution in [0.15, 0.2) is 176 Å². The van der Waals surface area contributed by atoms with E-state index in [0.29, 0.717) is 0 Å². The van der Waals surface area contributed by atoms with Crippen LogP contribution in [0.4, 0.5) is 17.1 Å². The van der Waals surface area contributed by atoms with Gasteiger partial charge in [-0.15, -0.1) is 11.3 Å². The van der Waals surface area contributed by atoms with Crippen molar-refractivity contribution in [1.29, 1.82) is 0 Å². The van der Waals surface area contributed by atoms with E-state index in [4.69, 9.17) is 0 Å². The lowest BCUT2D eigenvalue weighted by molar-refractivity contribution is 1.30. The second-order valence-corrected chi connectivity index (χ2v) is 12.8. The van der Waals surface area contributed by atoms with Crippen molar-refractivity contribution in [1.82, 2.24) is 0 Å². The summed E-state index contributed by atoms with van der Waals surface area (Å²) in [7, 11) is 0. The molecule has 0 fully saturated rings. The van der Waals surface area contributed by atoms with Crippen LogP contribution in [-0.4, -0.2) is 0 Å². The quantitative estimate of drug-likeness (QED) is 0.189. The Bertz CT molecular complexity index is 2520. The number of rotatable bonds is 5. The van der Waals surface area contributed by atoms with Gasteiger partial charge in [-0.2, -0.15) is 0 Å². The average molecular weight is 604 g/mol. The van der Waals surface area contributed by atoms with Gasteiger partial charge in [0.1, 0.15) is 0 Å². The molecule has 1 aromatic heterocycles. The molecule has 1 nitrogen and oxygen atoms in total. The Morgan fingerprint density at radius 2 is 1.02 bits per heavy atom. The summed E-state index contributed by atoms with van der Waals surface area (Å²) in [5.74, 6) is 0. The van der Waals surface area contributed by atoms with Crippen molar-refractivity contribution in [3.05, 3.63) is 176 Å². The number of hydrogen-bond donors (Lipinski definition) is 0. The third-order valence-electron chi connectivity index (χ3n) is 9.06. The highest BCUT2D eigenvalue weighted by molar-refractivity contribution is 7.26. The molecule has 1 heterocycles. The molecule has 0 saturated heterocycles. The lowest BCUT2D eigenvalue weighted by Gasteiger charge is -2.27. The molecular weight excluding hydrogens is 575 g/mol. The van der Waals surface area contributed by atoms with Crippen LogP contribution in [0.2, 0.25) is 0 Å². The minimum absolute atomic E-state index is 1.12. The van der Waals surface area contributed by atoms with Gasteiger partial charge in [0.05, 0.1) is 5.69 Å². The van der Waals surface area contributed by atoms with Crippen LogP contribution in [0.1, 0.15) is 0 Å². The zero-order chi connectivity index (χ0) is 30.5. The standard InChI is InChI=1S/C44H29NS/c1-2-11-30(12-3-1)33-15-8-16-35(29-33)45(34-25-23-32(24-26-34)37-19-9-14-31-13-4-5-17-36(31)37)42-21-10-20-40-38(42)27-28-41-39-18-6-7-22-43(39)46-44(40)41/h1-29H. The van der Waals surface area contributed by atoms with E-state index in [1.54, 1.807) is 0 Å². The number of benzene rings is 8. The number of fused-ring (bicyclic) bond motifs is 6. The van der Waals surface area contributed by atoms with Crippen LogP contribution >= 0.6 is 11.3 Å². The molecular formula is C44H29NS. The first kappa shape index (κ1) is 26.7. The summed E-state index contributed by atoms with van der Waals surface area (Å²) in [6.07, 6.45) is 0. The maximum atomic E-state index is 2.42. The van der Waals surface area contributed by atoms with E-state index in [1.807, 2.05) is 11.3 Å². The fourth-order valence-corrected chi connectivity index (χ4v) is 8.10. The molecule has 0 radical (unpaired) electrons. The Kier molecular flexibility index (Phi) is 6.40. The first-order valence-electron chi connectivity index (χ1n) is 15.7.